The zero-order valence-electron chi connectivity index (χ0n) is 16.3. The molecule has 0 radical (unpaired) electrons. The second kappa shape index (κ2) is 12.1. The van der Waals surface area contributed by atoms with Crippen molar-refractivity contribution in [2.45, 2.75) is 26.5 Å². The van der Waals surface area contributed by atoms with Crippen molar-refractivity contribution < 1.29 is 19.3 Å². The third kappa shape index (κ3) is 8.05. The van der Waals surface area contributed by atoms with Gasteiger partial charge in [-0.1, -0.05) is 19.9 Å². The Kier molecular flexibility index (Phi) is 10.5. The number of ether oxygens (including phenoxy) is 3. The molecule has 25 heavy (non-hydrogen) atoms. The summed E-state index contributed by atoms with van der Waals surface area (Å²) in [7, 11) is 5.38. The van der Waals surface area contributed by atoms with E-state index in [1.165, 1.54) is 0 Å². The average Bonchev–Trinajstić information content (AvgIpc) is 2.62. The van der Waals surface area contributed by atoms with E-state index in [0.717, 1.165) is 31.7 Å². The highest BCUT2D eigenvalue weighted by atomic mass is 16.5. The van der Waals surface area contributed by atoms with E-state index in [1.807, 2.05) is 18.2 Å². The molecular weight excluding hydrogens is 320 g/mol. The molecule has 144 valence electrons. The third-order valence-corrected chi connectivity index (χ3v) is 4.15. The third-order valence-electron chi connectivity index (χ3n) is 4.15. The maximum atomic E-state index is 10.2. The maximum Gasteiger partial charge on any atom is 0.161 e. The summed E-state index contributed by atoms with van der Waals surface area (Å²) >= 11 is 0. The van der Waals surface area contributed by atoms with E-state index < -0.39 is 6.10 Å². The molecule has 0 aliphatic rings. The van der Waals surface area contributed by atoms with Crippen molar-refractivity contribution in [3.63, 3.8) is 0 Å². The van der Waals surface area contributed by atoms with E-state index in [-0.39, 0.29) is 6.61 Å². The van der Waals surface area contributed by atoms with Crippen LogP contribution in [0.2, 0.25) is 0 Å². The molecule has 1 rings (SSSR count). The first kappa shape index (κ1) is 21.7. The van der Waals surface area contributed by atoms with Crippen molar-refractivity contribution in [3.05, 3.63) is 23.8 Å². The number of aliphatic hydroxyl groups is 1. The fraction of sp³-hybridized carbons (Fsp3) is 0.684. The van der Waals surface area contributed by atoms with Crippen molar-refractivity contribution in [1.82, 2.24) is 9.80 Å². The second-order valence-corrected chi connectivity index (χ2v) is 6.17. The van der Waals surface area contributed by atoms with Crippen molar-refractivity contribution in [1.29, 1.82) is 0 Å². The van der Waals surface area contributed by atoms with E-state index in [9.17, 15) is 5.11 Å². The topological polar surface area (TPSA) is 54.4 Å². The summed E-state index contributed by atoms with van der Waals surface area (Å²) in [6, 6.07) is 5.92. The number of rotatable bonds is 13. The molecule has 0 amide bonds. The van der Waals surface area contributed by atoms with Gasteiger partial charge in [0.2, 0.25) is 0 Å². The van der Waals surface area contributed by atoms with Crippen LogP contribution in [0, 0.1) is 0 Å². The van der Waals surface area contributed by atoms with Crippen LogP contribution in [0.1, 0.15) is 19.4 Å². The molecule has 0 unspecified atom stereocenters. The Morgan fingerprint density at radius 2 is 1.84 bits per heavy atom. The van der Waals surface area contributed by atoms with E-state index in [0.29, 0.717) is 24.7 Å². The fourth-order valence-electron chi connectivity index (χ4n) is 2.59. The molecule has 0 saturated heterocycles. The van der Waals surface area contributed by atoms with Gasteiger partial charge in [0.1, 0.15) is 12.7 Å². The summed E-state index contributed by atoms with van der Waals surface area (Å²) in [5.74, 6) is 1.34. The SMILES string of the molecule is CCN(CC)C[C@H](O)COc1cc(CN(C)CCOC)ccc1OC. The van der Waals surface area contributed by atoms with Crippen LogP contribution in [0.5, 0.6) is 11.5 Å². The lowest BCUT2D eigenvalue weighted by Crippen LogP contribution is -2.35. The molecule has 6 nitrogen and oxygen atoms in total. The first-order chi connectivity index (χ1) is 12.0. The Balaban J connectivity index is 2.65. The number of aliphatic hydroxyl groups excluding tert-OH is 1. The molecule has 1 atom stereocenters. The Morgan fingerprint density at radius 3 is 2.44 bits per heavy atom. The summed E-state index contributed by atoms with van der Waals surface area (Å²) in [6.45, 7) is 9.22. The first-order valence-electron chi connectivity index (χ1n) is 8.91. The summed E-state index contributed by atoms with van der Waals surface area (Å²) in [5.41, 5.74) is 1.13. The summed E-state index contributed by atoms with van der Waals surface area (Å²) in [5, 5.41) is 10.2. The van der Waals surface area contributed by atoms with Crippen molar-refractivity contribution in [2.75, 3.05) is 60.7 Å². The number of methoxy groups -OCH3 is 2. The van der Waals surface area contributed by atoms with Crippen LogP contribution < -0.4 is 9.47 Å². The molecule has 0 aromatic heterocycles. The van der Waals surface area contributed by atoms with Crippen LogP contribution in [0.25, 0.3) is 0 Å². The van der Waals surface area contributed by atoms with E-state index in [4.69, 9.17) is 14.2 Å². The van der Waals surface area contributed by atoms with Gasteiger partial charge < -0.3 is 24.2 Å². The summed E-state index contributed by atoms with van der Waals surface area (Å²) < 4.78 is 16.3. The van der Waals surface area contributed by atoms with Gasteiger partial charge in [0, 0.05) is 26.7 Å². The molecule has 0 saturated carbocycles. The van der Waals surface area contributed by atoms with Gasteiger partial charge in [0.25, 0.3) is 0 Å². The Hall–Kier alpha value is -1.34. The van der Waals surface area contributed by atoms with Gasteiger partial charge in [-0.25, -0.2) is 0 Å². The van der Waals surface area contributed by atoms with E-state index in [1.54, 1.807) is 14.2 Å². The predicted molar refractivity (Wildman–Crippen MR) is 100 cm³/mol. The monoisotopic (exact) mass is 354 g/mol. The maximum absolute atomic E-state index is 10.2. The first-order valence-corrected chi connectivity index (χ1v) is 8.91. The molecule has 1 N–H and O–H groups in total. The van der Waals surface area contributed by atoms with Crippen LogP contribution in [-0.4, -0.2) is 81.7 Å². The average molecular weight is 354 g/mol. The summed E-state index contributed by atoms with van der Waals surface area (Å²) in [4.78, 5) is 4.36. The minimum Gasteiger partial charge on any atom is -0.493 e. The number of hydrogen-bond donors (Lipinski definition) is 1. The number of hydrogen-bond acceptors (Lipinski definition) is 6. The molecule has 6 heteroatoms. The Bertz CT molecular complexity index is 480. The normalized spacial score (nSPS) is 12.6. The predicted octanol–water partition coefficient (Wildman–Crippen LogP) is 1.85. The number of likely N-dealkylation sites (N-methyl/N-ethyl adjacent to an activating group) is 2. The zero-order chi connectivity index (χ0) is 18.7. The van der Waals surface area contributed by atoms with Gasteiger partial charge in [-0.2, -0.15) is 0 Å². The molecule has 0 fully saturated rings. The molecule has 0 heterocycles. The largest absolute Gasteiger partial charge is 0.493 e. The molecule has 0 aliphatic heterocycles. The molecule has 1 aromatic carbocycles. The highest BCUT2D eigenvalue weighted by molar-refractivity contribution is 5.43. The van der Waals surface area contributed by atoms with Crippen molar-refractivity contribution >= 4 is 0 Å². The lowest BCUT2D eigenvalue weighted by Gasteiger charge is -2.22. The highest BCUT2D eigenvalue weighted by Crippen LogP contribution is 2.28. The van der Waals surface area contributed by atoms with Crippen LogP contribution in [-0.2, 0) is 11.3 Å². The van der Waals surface area contributed by atoms with Gasteiger partial charge in [-0.15, -0.1) is 0 Å². The quantitative estimate of drug-likeness (QED) is 0.583. The van der Waals surface area contributed by atoms with E-state index >= 15 is 0 Å². The van der Waals surface area contributed by atoms with Gasteiger partial charge >= 0.3 is 0 Å². The van der Waals surface area contributed by atoms with Crippen LogP contribution in [0.4, 0.5) is 0 Å². The standard InChI is InChI=1S/C19H34N2O4/c1-6-21(7-2)14-17(22)15-25-19-12-16(8-9-18(19)24-5)13-20(3)10-11-23-4/h8-9,12,17,22H,6-7,10-11,13-15H2,1-5H3/t17-/m0/s1. The van der Waals surface area contributed by atoms with Gasteiger partial charge in [0.15, 0.2) is 11.5 Å². The molecule has 1 aromatic rings. The van der Waals surface area contributed by atoms with E-state index in [2.05, 4.69) is 30.7 Å². The Morgan fingerprint density at radius 1 is 1.12 bits per heavy atom. The molecular formula is C19H34N2O4. The fourth-order valence-corrected chi connectivity index (χ4v) is 2.59. The lowest BCUT2D eigenvalue weighted by molar-refractivity contribution is 0.0705. The van der Waals surface area contributed by atoms with Crippen LogP contribution in [0.3, 0.4) is 0 Å². The molecule has 0 aliphatic carbocycles. The zero-order valence-corrected chi connectivity index (χ0v) is 16.3. The summed E-state index contributed by atoms with van der Waals surface area (Å²) in [6.07, 6.45) is -0.530. The van der Waals surface area contributed by atoms with Crippen molar-refractivity contribution in [3.8, 4) is 11.5 Å². The van der Waals surface area contributed by atoms with Crippen LogP contribution >= 0.6 is 0 Å². The van der Waals surface area contributed by atoms with Gasteiger partial charge in [-0.3, -0.25) is 4.90 Å². The molecule has 0 bridgehead atoms. The minimum absolute atomic E-state index is 0.246. The second-order valence-electron chi connectivity index (χ2n) is 6.17. The van der Waals surface area contributed by atoms with Gasteiger partial charge in [0.05, 0.1) is 13.7 Å². The molecule has 0 spiro atoms. The number of nitrogens with zero attached hydrogens (tertiary/aromatic N) is 2. The van der Waals surface area contributed by atoms with Crippen LogP contribution in [0.15, 0.2) is 18.2 Å². The smallest absolute Gasteiger partial charge is 0.161 e. The van der Waals surface area contributed by atoms with Crippen molar-refractivity contribution in [2.24, 2.45) is 0 Å². The highest BCUT2D eigenvalue weighted by Gasteiger charge is 2.13. The Labute approximate surface area is 152 Å². The number of benzene rings is 1. The lowest BCUT2D eigenvalue weighted by atomic mass is 10.2. The minimum atomic E-state index is -0.530. The van der Waals surface area contributed by atoms with Gasteiger partial charge in [-0.05, 0) is 37.8 Å².